The summed E-state index contributed by atoms with van der Waals surface area (Å²) < 4.78 is 6.92. The van der Waals surface area contributed by atoms with Crippen molar-refractivity contribution < 1.29 is 14.3 Å². The van der Waals surface area contributed by atoms with Gasteiger partial charge in [0, 0.05) is 73.4 Å². The van der Waals surface area contributed by atoms with Crippen LogP contribution in [0.3, 0.4) is 0 Å². The molecule has 276 valence electrons. The molecule has 2 amide bonds. The minimum atomic E-state index is -0.322. The fourth-order valence-electron chi connectivity index (χ4n) is 8.25. The number of fused-ring (bicyclic) bond motifs is 3. The summed E-state index contributed by atoms with van der Waals surface area (Å²) in [6, 6.07) is 8.25. The predicted octanol–water partition coefficient (Wildman–Crippen LogP) is 5.32. The number of thiophene rings is 1. The van der Waals surface area contributed by atoms with Gasteiger partial charge in [0.15, 0.2) is 5.82 Å². The van der Waals surface area contributed by atoms with Gasteiger partial charge in [0.05, 0.1) is 41.2 Å². The first kappa shape index (κ1) is 35.2. The second kappa shape index (κ2) is 13.5. The Hall–Kier alpha value is -4.85. The molecule has 4 aliphatic rings. The van der Waals surface area contributed by atoms with Crippen LogP contribution in [0.2, 0.25) is 0 Å². The molecule has 6 heterocycles. The third kappa shape index (κ3) is 6.44. The maximum atomic E-state index is 13.9. The van der Waals surface area contributed by atoms with Gasteiger partial charge >= 0.3 is 0 Å². The smallest absolute Gasteiger partial charge is 0.293 e. The number of carbonyl (C=O) groups excluding carboxylic acids is 2. The molecule has 1 aromatic carbocycles. The number of hydrogen-bond acceptors (Lipinski definition) is 10. The summed E-state index contributed by atoms with van der Waals surface area (Å²) in [6.07, 6.45) is 7.49. The molecule has 13 heteroatoms. The maximum absolute atomic E-state index is 13.9. The van der Waals surface area contributed by atoms with Crippen molar-refractivity contribution in [3.8, 4) is 11.3 Å². The van der Waals surface area contributed by atoms with E-state index in [2.05, 4.69) is 52.8 Å². The van der Waals surface area contributed by atoms with Gasteiger partial charge in [-0.1, -0.05) is 20.4 Å². The number of anilines is 5. The van der Waals surface area contributed by atoms with Crippen molar-refractivity contribution in [2.75, 3.05) is 59.8 Å². The van der Waals surface area contributed by atoms with Crippen LogP contribution >= 0.6 is 11.3 Å². The van der Waals surface area contributed by atoms with E-state index in [0.717, 1.165) is 73.8 Å². The molecule has 8 rings (SSSR count). The van der Waals surface area contributed by atoms with Crippen molar-refractivity contribution in [3.05, 3.63) is 86.1 Å². The SMILES string of the molecule is C=CC(=O)Nc1cc(Nc2nc(-c3ccnc(N4CCc5c(sc6c5CC(C)(C)C6)C4=O)c3C)cn(C)c2=O)ccc1N1CCN(C2COC2)C[C@@H]1C. The number of pyridine rings is 1. The van der Waals surface area contributed by atoms with Crippen LogP contribution < -0.4 is 26.0 Å². The third-order valence-corrected chi connectivity index (χ3v) is 12.4. The topological polar surface area (TPSA) is 125 Å². The van der Waals surface area contributed by atoms with Crippen LogP contribution in [0.15, 0.2) is 54.1 Å². The minimum absolute atomic E-state index is 0.000911. The fourth-order valence-corrected chi connectivity index (χ4v) is 9.82. The van der Waals surface area contributed by atoms with Crippen LogP contribution in [0, 0.1) is 12.3 Å². The highest BCUT2D eigenvalue weighted by Crippen LogP contribution is 2.46. The Morgan fingerprint density at radius 2 is 1.92 bits per heavy atom. The Morgan fingerprint density at radius 3 is 2.66 bits per heavy atom. The Labute approximate surface area is 313 Å². The molecule has 0 saturated carbocycles. The molecule has 2 fully saturated rings. The zero-order valence-corrected chi connectivity index (χ0v) is 31.8. The summed E-state index contributed by atoms with van der Waals surface area (Å²) in [7, 11) is 1.69. The Kier molecular flexibility index (Phi) is 8.98. The second-order valence-electron chi connectivity index (χ2n) is 15.5. The molecule has 1 aliphatic carbocycles. The zero-order valence-electron chi connectivity index (χ0n) is 31.0. The molecular formula is C40H46N8O4S. The monoisotopic (exact) mass is 734 g/mol. The van der Waals surface area contributed by atoms with Crippen molar-refractivity contribution in [1.29, 1.82) is 0 Å². The van der Waals surface area contributed by atoms with Crippen molar-refractivity contribution in [2.45, 2.75) is 59.0 Å². The molecule has 4 aromatic rings. The van der Waals surface area contributed by atoms with E-state index >= 15 is 0 Å². The van der Waals surface area contributed by atoms with Crippen molar-refractivity contribution in [2.24, 2.45) is 12.5 Å². The number of nitrogens with zero attached hydrogens (tertiary/aromatic N) is 6. The lowest BCUT2D eigenvalue weighted by atomic mass is 9.89. The lowest BCUT2D eigenvalue weighted by Crippen LogP contribution is -2.59. The molecule has 1 atom stereocenters. The quantitative estimate of drug-likeness (QED) is 0.232. The van der Waals surface area contributed by atoms with Crippen LogP contribution in [-0.2, 0) is 35.8 Å². The van der Waals surface area contributed by atoms with Crippen molar-refractivity contribution in [1.82, 2.24) is 19.4 Å². The summed E-state index contributed by atoms with van der Waals surface area (Å²) in [5, 5.41) is 6.21. The summed E-state index contributed by atoms with van der Waals surface area (Å²) >= 11 is 1.65. The molecule has 0 bridgehead atoms. The summed E-state index contributed by atoms with van der Waals surface area (Å²) in [4.78, 5) is 58.2. The first-order valence-corrected chi connectivity index (χ1v) is 19.1. The van der Waals surface area contributed by atoms with E-state index in [1.165, 1.54) is 26.6 Å². The summed E-state index contributed by atoms with van der Waals surface area (Å²) in [5.74, 6) is 0.415. The number of aryl methyl sites for hydroxylation is 1. The van der Waals surface area contributed by atoms with Gasteiger partial charge < -0.3 is 24.8 Å². The molecule has 0 radical (unpaired) electrons. The number of nitrogens with one attached hydrogen (secondary N) is 2. The first-order valence-electron chi connectivity index (χ1n) is 18.3. The molecule has 3 aliphatic heterocycles. The number of carbonyl (C=O) groups is 2. The summed E-state index contributed by atoms with van der Waals surface area (Å²) in [5.41, 5.74) is 6.80. The van der Waals surface area contributed by atoms with Gasteiger partial charge in [0.1, 0.15) is 5.82 Å². The number of ether oxygens (including phenoxy) is 1. The summed E-state index contributed by atoms with van der Waals surface area (Å²) in [6.45, 7) is 17.1. The zero-order chi connectivity index (χ0) is 37.2. The van der Waals surface area contributed by atoms with Gasteiger partial charge in [-0.25, -0.2) is 9.97 Å². The lowest BCUT2D eigenvalue weighted by Gasteiger charge is -2.46. The highest BCUT2D eigenvalue weighted by atomic mass is 32.1. The van der Waals surface area contributed by atoms with Crippen LogP contribution in [0.5, 0.6) is 0 Å². The number of hydrogen-bond donors (Lipinski definition) is 2. The molecule has 12 nitrogen and oxygen atoms in total. The third-order valence-electron chi connectivity index (χ3n) is 11.1. The van der Waals surface area contributed by atoms with E-state index < -0.39 is 0 Å². The van der Waals surface area contributed by atoms with Gasteiger partial charge in [-0.2, -0.15) is 0 Å². The van der Waals surface area contributed by atoms with Crippen LogP contribution in [0.4, 0.5) is 28.7 Å². The predicted molar refractivity (Wildman–Crippen MR) is 210 cm³/mol. The largest absolute Gasteiger partial charge is 0.378 e. The van der Waals surface area contributed by atoms with Gasteiger partial charge in [-0.15, -0.1) is 11.3 Å². The Morgan fingerprint density at radius 1 is 1.11 bits per heavy atom. The molecule has 2 N–H and O–H groups in total. The molecule has 53 heavy (non-hydrogen) atoms. The van der Waals surface area contributed by atoms with Crippen molar-refractivity contribution >= 4 is 51.8 Å². The number of amides is 2. The van der Waals surface area contributed by atoms with E-state index in [9.17, 15) is 14.4 Å². The van der Waals surface area contributed by atoms with E-state index in [4.69, 9.17) is 9.72 Å². The normalized spacial score (nSPS) is 19.8. The molecule has 3 aromatic heterocycles. The molecule has 0 spiro atoms. The Bertz CT molecular complexity index is 2200. The Balaban J connectivity index is 1.07. The minimum Gasteiger partial charge on any atom is -0.378 e. The fraction of sp³-hybridized carbons (Fsp3) is 0.425. The second-order valence-corrected chi connectivity index (χ2v) is 16.6. The first-order chi connectivity index (χ1) is 25.4. The highest BCUT2D eigenvalue weighted by molar-refractivity contribution is 7.14. The van der Waals surface area contributed by atoms with E-state index in [0.29, 0.717) is 35.5 Å². The van der Waals surface area contributed by atoms with E-state index in [-0.39, 0.29) is 34.6 Å². The van der Waals surface area contributed by atoms with Gasteiger partial charge in [-0.05, 0) is 80.0 Å². The van der Waals surface area contributed by atoms with Crippen LogP contribution in [0.1, 0.15) is 52.0 Å². The van der Waals surface area contributed by atoms with Crippen molar-refractivity contribution in [3.63, 3.8) is 0 Å². The van der Waals surface area contributed by atoms with Gasteiger partial charge in [0.2, 0.25) is 5.91 Å². The number of aromatic nitrogens is 3. The van der Waals surface area contributed by atoms with Gasteiger partial charge in [-0.3, -0.25) is 24.2 Å². The van der Waals surface area contributed by atoms with Crippen LogP contribution in [0.25, 0.3) is 11.3 Å². The standard InChI is InChI=1S/C40H46N8O4S/c1-7-34(49)43-30-16-25(8-9-32(30)47-15-14-46(19-23(47)2)26-21-52-22-26)42-36-39(51)45(6)20-31(44-36)27-10-12-41-37(24(27)3)48-13-11-28-29-17-40(4,5)18-33(29)53-35(28)38(48)50/h7-10,12,16,20,23,26H,1,11,13-15,17-19,21-22H2,2-6H3,(H,42,44)(H,43,49)/t23-/m0/s1. The van der Waals surface area contributed by atoms with E-state index in [1.54, 1.807) is 35.7 Å². The lowest BCUT2D eigenvalue weighted by molar-refractivity contribution is -0.111. The van der Waals surface area contributed by atoms with E-state index in [1.807, 2.05) is 31.2 Å². The highest BCUT2D eigenvalue weighted by Gasteiger charge is 2.39. The number of rotatable bonds is 8. The van der Waals surface area contributed by atoms with Gasteiger partial charge in [0.25, 0.3) is 11.5 Å². The molecule has 0 unspecified atom stereocenters. The molecule has 2 saturated heterocycles. The number of piperazine rings is 1. The maximum Gasteiger partial charge on any atom is 0.293 e. The average molecular weight is 735 g/mol. The number of benzene rings is 1. The molecular weight excluding hydrogens is 689 g/mol. The van der Waals surface area contributed by atoms with Crippen LogP contribution in [-0.4, -0.2) is 82.7 Å². The average Bonchev–Trinajstić information content (AvgIpc) is 3.59.